The average molecular weight is 430 g/mol. The van der Waals surface area contributed by atoms with Crippen molar-refractivity contribution in [3.05, 3.63) is 50.9 Å². The highest BCUT2D eigenvalue weighted by Crippen LogP contribution is 2.38. The molecule has 2 aromatic rings. The van der Waals surface area contributed by atoms with Gasteiger partial charge in [0, 0.05) is 0 Å². The zero-order valence-corrected chi connectivity index (χ0v) is 15.2. The normalized spacial score (nSPS) is 10.2. The molecule has 0 spiro atoms. The quantitative estimate of drug-likeness (QED) is 0.644. The molecule has 0 radical (unpaired) electrons. The van der Waals surface area contributed by atoms with Crippen LogP contribution in [0.2, 0.25) is 0 Å². The molecule has 116 valence electrons. The topological polar surface area (TPSA) is 44.8 Å². The van der Waals surface area contributed by atoms with Gasteiger partial charge in [-0.05, 0) is 73.8 Å². The largest absolute Gasteiger partial charge is 0.497 e. The lowest BCUT2D eigenvalue weighted by molar-refractivity contribution is -0.139. The summed E-state index contributed by atoms with van der Waals surface area (Å²) in [7, 11) is 2.98. The lowest BCUT2D eigenvalue weighted by Crippen LogP contribution is -2.04. The van der Waals surface area contributed by atoms with Crippen molar-refractivity contribution in [1.29, 1.82) is 0 Å². The molecule has 22 heavy (non-hydrogen) atoms. The molecule has 4 nitrogen and oxygen atoms in total. The van der Waals surface area contributed by atoms with Crippen LogP contribution in [0.3, 0.4) is 0 Å². The Labute approximate surface area is 145 Å². The van der Waals surface area contributed by atoms with E-state index in [9.17, 15) is 4.79 Å². The highest BCUT2D eigenvalue weighted by molar-refractivity contribution is 9.11. The van der Waals surface area contributed by atoms with Crippen molar-refractivity contribution in [2.45, 2.75) is 6.42 Å². The summed E-state index contributed by atoms with van der Waals surface area (Å²) < 4.78 is 17.1. The van der Waals surface area contributed by atoms with Gasteiger partial charge in [0.1, 0.15) is 11.5 Å². The van der Waals surface area contributed by atoms with E-state index in [1.807, 2.05) is 36.4 Å². The van der Waals surface area contributed by atoms with Crippen LogP contribution in [0.1, 0.15) is 5.56 Å². The van der Waals surface area contributed by atoms with Crippen molar-refractivity contribution >= 4 is 37.8 Å². The number of methoxy groups -OCH3 is 2. The minimum Gasteiger partial charge on any atom is -0.497 e. The Morgan fingerprint density at radius 1 is 1.00 bits per heavy atom. The van der Waals surface area contributed by atoms with Crippen molar-refractivity contribution in [3.63, 3.8) is 0 Å². The lowest BCUT2D eigenvalue weighted by atomic mass is 10.1. The summed E-state index contributed by atoms with van der Waals surface area (Å²) in [4.78, 5) is 11.3. The number of carbonyl (C=O) groups is 1. The second-order valence-corrected chi connectivity index (χ2v) is 6.13. The third kappa shape index (κ3) is 4.24. The molecule has 0 aliphatic carbocycles. The van der Waals surface area contributed by atoms with Crippen molar-refractivity contribution < 1.29 is 19.0 Å². The summed E-state index contributed by atoms with van der Waals surface area (Å²) in [5, 5.41) is 0. The van der Waals surface area contributed by atoms with Gasteiger partial charge in [-0.1, -0.05) is 0 Å². The first-order chi connectivity index (χ1) is 10.5. The van der Waals surface area contributed by atoms with Gasteiger partial charge in [-0.25, -0.2) is 0 Å². The van der Waals surface area contributed by atoms with E-state index < -0.39 is 0 Å². The molecule has 0 aliphatic rings. The summed E-state index contributed by atoms with van der Waals surface area (Å²) in [6, 6.07) is 11.0. The van der Waals surface area contributed by atoms with Crippen LogP contribution in [0.25, 0.3) is 0 Å². The number of esters is 1. The van der Waals surface area contributed by atoms with E-state index in [-0.39, 0.29) is 12.4 Å². The standard InChI is InChI=1S/C16H14Br2O4/c1-20-11-3-5-12(6-4-11)22-16-13(17)7-10(8-14(16)18)9-15(19)21-2/h3-8H,9H2,1-2H3. The molecule has 0 unspecified atom stereocenters. The molecule has 0 heterocycles. The van der Waals surface area contributed by atoms with Gasteiger partial charge in [0.15, 0.2) is 5.75 Å². The fraction of sp³-hybridized carbons (Fsp3) is 0.188. The minimum atomic E-state index is -0.289. The van der Waals surface area contributed by atoms with Gasteiger partial charge in [-0.3, -0.25) is 4.79 Å². The Balaban J connectivity index is 2.21. The first-order valence-corrected chi connectivity index (χ1v) is 7.98. The SMILES string of the molecule is COC(=O)Cc1cc(Br)c(Oc2ccc(OC)cc2)c(Br)c1. The molecule has 0 saturated heterocycles. The first kappa shape index (κ1) is 16.8. The van der Waals surface area contributed by atoms with E-state index in [0.717, 1.165) is 20.3 Å². The molecule has 0 aromatic heterocycles. The van der Waals surface area contributed by atoms with Crippen LogP contribution in [0.4, 0.5) is 0 Å². The molecular formula is C16H14Br2O4. The summed E-state index contributed by atoms with van der Waals surface area (Å²) in [6.07, 6.45) is 0.205. The second-order valence-electron chi connectivity index (χ2n) is 4.42. The molecule has 0 bridgehead atoms. The molecule has 0 saturated carbocycles. The zero-order valence-electron chi connectivity index (χ0n) is 12.1. The molecule has 2 aromatic carbocycles. The fourth-order valence-electron chi connectivity index (χ4n) is 1.81. The molecule has 0 amide bonds. The second kappa shape index (κ2) is 7.65. The Hall–Kier alpha value is -1.53. The zero-order chi connectivity index (χ0) is 16.1. The van der Waals surface area contributed by atoms with Gasteiger partial charge in [0.25, 0.3) is 0 Å². The molecule has 6 heteroatoms. The van der Waals surface area contributed by atoms with E-state index in [0.29, 0.717) is 11.5 Å². The predicted molar refractivity (Wildman–Crippen MR) is 90.6 cm³/mol. The van der Waals surface area contributed by atoms with E-state index in [4.69, 9.17) is 9.47 Å². The first-order valence-electron chi connectivity index (χ1n) is 6.40. The minimum absolute atomic E-state index is 0.205. The van der Waals surface area contributed by atoms with Crippen LogP contribution < -0.4 is 9.47 Å². The number of benzene rings is 2. The Morgan fingerprint density at radius 3 is 2.05 bits per heavy atom. The Kier molecular flexibility index (Phi) is 5.85. The van der Waals surface area contributed by atoms with Gasteiger partial charge >= 0.3 is 5.97 Å². The lowest BCUT2D eigenvalue weighted by Gasteiger charge is -2.12. The van der Waals surface area contributed by atoms with Gasteiger partial charge in [-0.15, -0.1) is 0 Å². The van der Waals surface area contributed by atoms with Crippen LogP contribution in [-0.2, 0) is 16.0 Å². The average Bonchev–Trinajstić information content (AvgIpc) is 2.51. The Bertz CT molecular complexity index is 645. The third-order valence-corrected chi connectivity index (χ3v) is 4.09. The molecule has 0 atom stereocenters. The van der Waals surface area contributed by atoms with Gasteiger partial charge in [0.2, 0.25) is 0 Å². The van der Waals surface area contributed by atoms with E-state index in [2.05, 4.69) is 36.6 Å². The smallest absolute Gasteiger partial charge is 0.309 e. The van der Waals surface area contributed by atoms with Crippen molar-refractivity contribution in [3.8, 4) is 17.2 Å². The molecule has 0 aliphatic heterocycles. The third-order valence-electron chi connectivity index (χ3n) is 2.91. The summed E-state index contributed by atoms with van der Waals surface area (Å²) in [6.45, 7) is 0. The van der Waals surface area contributed by atoms with Crippen LogP contribution in [-0.4, -0.2) is 20.2 Å². The van der Waals surface area contributed by atoms with Crippen molar-refractivity contribution in [2.75, 3.05) is 14.2 Å². The highest BCUT2D eigenvalue weighted by Gasteiger charge is 2.12. The molecule has 0 N–H and O–H groups in total. The maximum atomic E-state index is 11.3. The maximum Gasteiger partial charge on any atom is 0.309 e. The van der Waals surface area contributed by atoms with E-state index in [1.54, 1.807) is 7.11 Å². The number of ether oxygens (including phenoxy) is 3. The van der Waals surface area contributed by atoms with Crippen molar-refractivity contribution in [1.82, 2.24) is 0 Å². The molecule has 2 rings (SSSR count). The van der Waals surface area contributed by atoms with Crippen LogP contribution >= 0.6 is 31.9 Å². The molecule has 0 fully saturated rings. The summed E-state index contributed by atoms with van der Waals surface area (Å²) >= 11 is 6.93. The van der Waals surface area contributed by atoms with Gasteiger partial charge in [-0.2, -0.15) is 0 Å². The number of carbonyl (C=O) groups excluding carboxylic acids is 1. The number of halogens is 2. The van der Waals surface area contributed by atoms with Gasteiger partial charge in [0.05, 0.1) is 29.6 Å². The molecular weight excluding hydrogens is 416 g/mol. The van der Waals surface area contributed by atoms with Crippen LogP contribution in [0, 0.1) is 0 Å². The van der Waals surface area contributed by atoms with E-state index in [1.165, 1.54) is 7.11 Å². The Morgan fingerprint density at radius 2 is 1.55 bits per heavy atom. The van der Waals surface area contributed by atoms with Crippen molar-refractivity contribution in [2.24, 2.45) is 0 Å². The fourth-order valence-corrected chi connectivity index (χ4v) is 3.26. The summed E-state index contributed by atoms with van der Waals surface area (Å²) in [5.41, 5.74) is 0.827. The predicted octanol–water partition coefficient (Wildman–Crippen LogP) is 4.73. The number of rotatable bonds is 5. The van der Waals surface area contributed by atoms with Gasteiger partial charge < -0.3 is 14.2 Å². The monoisotopic (exact) mass is 428 g/mol. The maximum absolute atomic E-state index is 11.3. The van der Waals surface area contributed by atoms with E-state index >= 15 is 0 Å². The van der Waals surface area contributed by atoms with Crippen LogP contribution in [0.15, 0.2) is 45.3 Å². The number of hydrogen-bond acceptors (Lipinski definition) is 4. The van der Waals surface area contributed by atoms with Crippen LogP contribution in [0.5, 0.6) is 17.2 Å². The highest BCUT2D eigenvalue weighted by atomic mass is 79.9. The summed E-state index contributed by atoms with van der Waals surface area (Å²) in [5.74, 6) is 1.79. The number of hydrogen-bond donors (Lipinski definition) is 0.